The van der Waals surface area contributed by atoms with E-state index in [1.54, 1.807) is 12.1 Å². The fourth-order valence-electron chi connectivity index (χ4n) is 2.58. The molecule has 0 atom stereocenters. The molecular weight excluding hydrogens is 326 g/mol. The number of nitro groups is 1. The second-order valence-electron chi connectivity index (χ2n) is 5.28. The third-order valence-corrected chi connectivity index (χ3v) is 4.79. The molecule has 122 valence electrons. The molecule has 0 saturated heterocycles. The first-order valence-electron chi connectivity index (χ1n) is 6.93. The van der Waals surface area contributed by atoms with Gasteiger partial charge in [0.1, 0.15) is 0 Å². The number of nitrogens with one attached hydrogen (secondary N) is 1. The predicted octanol–water partition coefficient (Wildman–Crippen LogP) is 2.50. The monoisotopic (exact) mass is 345 g/mol. The van der Waals surface area contributed by atoms with Gasteiger partial charge in [-0.25, -0.2) is 0 Å². The maximum atomic E-state index is 12.0. The maximum absolute atomic E-state index is 12.0. The van der Waals surface area contributed by atoms with Gasteiger partial charge in [0.05, 0.1) is 16.2 Å². The summed E-state index contributed by atoms with van der Waals surface area (Å²) in [6, 6.07) is 6.20. The van der Waals surface area contributed by atoms with Gasteiger partial charge in [-0.1, -0.05) is 12.8 Å². The van der Waals surface area contributed by atoms with Gasteiger partial charge in [-0.3, -0.25) is 14.9 Å². The number of nitrogens with zero attached hydrogens (tertiary/aromatic N) is 1. The van der Waals surface area contributed by atoms with Crippen molar-refractivity contribution in [2.24, 2.45) is 5.73 Å². The Morgan fingerprint density at radius 3 is 2.41 bits per heavy atom. The number of amides is 1. The molecule has 6 nitrogen and oxygen atoms in total. The first kappa shape index (κ1) is 18.7. The van der Waals surface area contributed by atoms with Gasteiger partial charge in [-0.15, -0.1) is 24.2 Å². The number of halogens is 1. The van der Waals surface area contributed by atoms with Crippen LogP contribution in [0.4, 0.5) is 5.69 Å². The van der Waals surface area contributed by atoms with E-state index in [-0.39, 0.29) is 29.5 Å². The van der Waals surface area contributed by atoms with Crippen molar-refractivity contribution in [2.75, 3.05) is 12.3 Å². The van der Waals surface area contributed by atoms with Crippen molar-refractivity contribution >= 4 is 35.8 Å². The summed E-state index contributed by atoms with van der Waals surface area (Å²) >= 11 is 1.37. The smallest absolute Gasteiger partial charge is 0.269 e. The van der Waals surface area contributed by atoms with E-state index in [9.17, 15) is 14.9 Å². The van der Waals surface area contributed by atoms with E-state index in [2.05, 4.69) is 5.32 Å². The van der Waals surface area contributed by atoms with Crippen LogP contribution in [0.3, 0.4) is 0 Å². The topological polar surface area (TPSA) is 98.3 Å². The highest BCUT2D eigenvalue weighted by Gasteiger charge is 2.33. The molecule has 2 rings (SSSR count). The lowest BCUT2D eigenvalue weighted by Crippen LogP contribution is -2.52. The lowest BCUT2D eigenvalue weighted by Gasteiger charge is -2.28. The second-order valence-corrected chi connectivity index (χ2v) is 6.33. The summed E-state index contributed by atoms with van der Waals surface area (Å²) in [7, 11) is 0. The third-order valence-electron chi connectivity index (χ3n) is 3.77. The summed E-state index contributed by atoms with van der Waals surface area (Å²) in [5.41, 5.74) is 5.61. The lowest BCUT2D eigenvalue weighted by molar-refractivity contribution is -0.384. The number of hydrogen-bond acceptors (Lipinski definition) is 5. The van der Waals surface area contributed by atoms with E-state index >= 15 is 0 Å². The van der Waals surface area contributed by atoms with Crippen molar-refractivity contribution in [3.05, 3.63) is 34.4 Å². The third kappa shape index (κ3) is 4.86. The number of hydrogen-bond donors (Lipinski definition) is 2. The minimum atomic E-state index is -0.438. The highest BCUT2D eigenvalue weighted by atomic mass is 35.5. The van der Waals surface area contributed by atoms with Crippen LogP contribution in [0.15, 0.2) is 29.2 Å². The molecule has 22 heavy (non-hydrogen) atoms. The molecule has 1 saturated carbocycles. The normalized spacial score (nSPS) is 15.9. The van der Waals surface area contributed by atoms with E-state index in [1.165, 1.54) is 23.9 Å². The van der Waals surface area contributed by atoms with Crippen LogP contribution in [-0.4, -0.2) is 28.7 Å². The van der Waals surface area contributed by atoms with Crippen LogP contribution in [0.2, 0.25) is 0 Å². The summed E-state index contributed by atoms with van der Waals surface area (Å²) < 4.78 is 0. The van der Waals surface area contributed by atoms with Crippen molar-refractivity contribution in [1.29, 1.82) is 0 Å². The first-order chi connectivity index (χ1) is 10.0. The van der Waals surface area contributed by atoms with E-state index in [1.807, 2.05) is 0 Å². The Bertz CT molecular complexity index is 519. The molecule has 8 heteroatoms. The SMILES string of the molecule is Cl.NCC1(NC(=O)CSc2ccc([N+](=O)[O-])cc2)CCCC1. The van der Waals surface area contributed by atoms with Crippen LogP contribution >= 0.6 is 24.2 Å². The van der Waals surface area contributed by atoms with E-state index in [0.29, 0.717) is 12.3 Å². The fourth-order valence-corrected chi connectivity index (χ4v) is 3.28. The molecule has 0 radical (unpaired) electrons. The van der Waals surface area contributed by atoms with Gasteiger partial charge in [-0.05, 0) is 25.0 Å². The zero-order chi connectivity index (χ0) is 15.3. The Morgan fingerprint density at radius 1 is 1.32 bits per heavy atom. The minimum absolute atomic E-state index is 0. The molecule has 1 amide bonds. The van der Waals surface area contributed by atoms with E-state index < -0.39 is 4.92 Å². The molecule has 1 aliphatic rings. The number of nitro benzene ring substituents is 1. The molecule has 1 fully saturated rings. The Hall–Kier alpha value is -1.31. The van der Waals surface area contributed by atoms with Crippen molar-refractivity contribution in [3.63, 3.8) is 0 Å². The molecule has 1 aliphatic carbocycles. The molecule has 0 bridgehead atoms. The van der Waals surface area contributed by atoms with Crippen LogP contribution in [-0.2, 0) is 4.79 Å². The van der Waals surface area contributed by atoms with Crippen LogP contribution < -0.4 is 11.1 Å². The highest BCUT2D eigenvalue weighted by molar-refractivity contribution is 8.00. The predicted molar refractivity (Wildman–Crippen MR) is 89.5 cm³/mol. The zero-order valence-corrected chi connectivity index (χ0v) is 13.8. The summed E-state index contributed by atoms with van der Waals surface area (Å²) in [6.07, 6.45) is 4.09. The minimum Gasteiger partial charge on any atom is -0.349 e. The Labute approximate surface area is 139 Å². The number of carbonyl (C=O) groups excluding carboxylic acids is 1. The van der Waals surface area contributed by atoms with Gasteiger partial charge in [-0.2, -0.15) is 0 Å². The number of benzene rings is 1. The average Bonchev–Trinajstić information content (AvgIpc) is 2.94. The van der Waals surface area contributed by atoms with E-state index in [0.717, 1.165) is 30.6 Å². The average molecular weight is 346 g/mol. The number of carbonyl (C=O) groups is 1. The van der Waals surface area contributed by atoms with Crippen LogP contribution in [0, 0.1) is 10.1 Å². The van der Waals surface area contributed by atoms with Gasteiger partial charge >= 0.3 is 0 Å². The number of rotatable bonds is 6. The van der Waals surface area contributed by atoms with Crippen LogP contribution in [0.25, 0.3) is 0 Å². The van der Waals surface area contributed by atoms with Crippen molar-refractivity contribution < 1.29 is 9.72 Å². The summed E-state index contributed by atoms with van der Waals surface area (Å²) in [5, 5.41) is 13.6. The van der Waals surface area contributed by atoms with Gasteiger partial charge in [0.15, 0.2) is 0 Å². The maximum Gasteiger partial charge on any atom is 0.269 e. The Balaban J connectivity index is 0.00000242. The highest BCUT2D eigenvalue weighted by Crippen LogP contribution is 2.29. The largest absolute Gasteiger partial charge is 0.349 e. The summed E-state index contributed by atoms with van der Waals surface area (Å²) in [5.74, 6) is 0.255. The van der Waals surface area contributed by atoms with E-state index in [4.69, 9.17) is 5.73 Å². The Morgan fingerprint density at radius 2 is 1.91 bits per heavy atom. The lowest BCUT2D eigenvalue weighted by atomic mass is 9.98. The van der Waals surface area contributed by atoms with Gasteiger partial charge in [0.25, 0.3) is 5.69 Å². The molecular formula is C14H20ClN3O3S. The van der Waals surface area contributed by atoms with Crippen LogP contribution in [0.1, 0.15) is 25.7 Å². The first-order valence-corrected chi connectivity index (χ1v) is 7.92. The van der Waals surface area contributed by atoms with Gasteiger partial charge in [0, 0.05) is 23.6 Å². The standard InChI is InChI=1S/C14H19N3O3S.ClH/c15-10-14(7-1-2-8-14)16-13(18)9-21-12-5-3-11(4-6-12)17(19)20;/h3-6H,1-2,7-10,15H2,(H,16,18);1H. The van der Waals surface area contributed by atoms with Gasteiger partial charge < -0.3 is 11.1 Å². The Kier molecular flexibility index (Phi) is 7.12. The van der Waals surface area contributed by atoms with Crippen molar-refractivity contribution in [1.82, 2.24) is 5.32 Å². The number of non-ortho nitro benzene ring substituents is 1. The molecule has 0 unspecified atom stereocenters. The van der Waals surface area contributed by atoms with Crippen molar-refractivity contribution in [2.45, 2.75) is 36.1 Å². The number of nitrogens with two attached hydrogens (primary N) is 1. The molecule has 1 aromatic rings. The fraction of sp³-hybridized carbons (Fsp3) is 0.500. The zero-order valence-electron chi connectivity index (χ0n) is 12.1. The molecule has 1 aromatic carbocycles. The van der Waals surface area contributed by atoms with Crippen molar-refractivity contribution in [3.8, 4) is 0 Å². The molecule has 0 heterocycles. The second kappa shape index (κ2) is 8.36. The summed E-state index contributed by atoms with van der Waals surface area (Å²) in [6.45, 7) is 0.473. The van der Waals surface area contributed by atoms with Gasteiger partial charge in [0.2, 0.25) is 5.91 Å². The molecule has 0 aromatic heterocycles. The molecule has 0 spiro atoms. The summed E-state index contributed by atoms with van der Waals surface area (Å²) in [4.78, 5) is 23.0. The quantitative estimate of drug-likeness (QED) is 0.469. The van der Waals surface area contributed by atoms with Crippen LogP contribution in [0.5, 0.6) is 0 Å². The molecule has 3 N–H and O–H groups in total. The number of thioether (sulfide) groups is 1. The molecule has 0 aliphatic heterocycles.